The molecule has 1 aromatic carbocycles. The van der Waals surface area contributed by atoms with Crippen LogP contribution in [0.5, 0.6) is 5.75 Å². The van der Waals surface area contributed by atoms with E-state index in [-0.39, 0.29) is 5.91 Å². The summed E-state index contributed by atoms with van der Waals surface area (Å²) in [5.74, 6) is 1.59. The Hall–Kier alpha value is -2.27. The highest BCUT2D eigenvalue weighted by atomic mass is 35.5. The fourth-order valence-electron chi connectivity index (χ4n) is 2.04. The summed E-state index contributed by atoms with van der Waals surface area (Å²) in [6, 6.07) is 12.9. The van der Waals surface area contributed by atoms with Crippen molar-refractivity contribution in [1.82, 2.24) is 10.3 Å². The highest BCUT2D eigenvalue weighted by Crippen LogP contribution is 2.15. The van der Waals surface area contributed by atoms with Crippen LogP contribution >= 0.6 is 11.6 Å². The van der Waals surface area contributed by atoms with Crippen LogP contribution in [-0.2, 0) is 4.79 Å². The summed E-state index contributed by atoms with van der Waals surface area (Å²) in [5, 5.41) is 6.79. The largest absolute Gasteiger partial charge is 0.493 e. The molecule has 0 saturated carbocycles. The summed E-state index contributed by atoms with van der Waals surface area (Å²) < 4.78 is 5.49. The van der Waals surface area contributed by atoms with Gasteiger partial charge in [0.05, 0.1) is 13.0 Å². The quantitative estimate of drug-likeness (QED) is 0.645. The van der Waals surface area contributed by atoms with Gasteiger partial charge < -0.3 is 15.4 Å². The summed E-state index contributed by atoms with van der Waals surface area (Å²) in [4.78, 5) is 15.9. The molecule has 128 valence electrons. The van der Waals surface area contributed by atoms with E-state index in [9.17, 15) is 4.79 Å². The zero-order valence-electron chi connectivity index (χ0n) is 13.5. The number of aromatic nitrogens is 1. The molecule has 6 heteroatoms. The van der Waals surface area contributed by atoms with E-state index < -0.39 is 0 Å². The van der Waals surface area contributed by atoms with Crippen molar-refractivity contribution < 1.29 is 9.53 Å². The van der Waals surface area contributed by atoms with E-state index in [0.29, 0.717) is 30.3 Å². The molecule has 0 aliphatic carbocycles. The lowest BCUT2D eigenvalue weighted by atomic mass is 10.3. The van der Waals surface area contributed by atoms with Crippen molar-refractivity contribution in [2.75, 3.05) is 25.0 Å². The monoisotopic (exact) mass is 347 g/mol. The van der Waals surface area contributed by atoms with E-state index >= 15 is 0 Å². The number of benzene rings is 1. The van der Waals surface area contributed by atoms with Crippen LogP contribution in [0.1, 0.15) is 19.3 Å². The highest BCUT2D eigenvalue weighted by molar-refractivity contribution is 6.30. The number of unbranched alkanes of at least 4 members (excludes halogenated alkanes) is 1. The second kappa shape index (κ2) is 10.5. The van der Waals surface area contributed by atoms with Crippen LogP contribution in [0, 0.1) is 0 Å². The van der Waals surface area contributed by atoms with Crippen molar-refractivity contribution >= 4 is 23.3 Å². The number of hydrogen-bond acceptors (Lipinski definition) is 4. The lowest BCUT2D eigenvalue weighted by molar-refractivity contribution is -0.121. The van der Waals surface area contributed by atoms with E-state index in [1.54, 1.807) is 30.5 Å². The predicted molar refractivity (Wildman–Crippen MR) is 96.5 cm³/mol. The Morgan fingerprint density at radius 1 is 1.08 bits per heavy atom. The second-order valence-electron chi connectivity index (χ2n) is 5.25. The van der Waals surface area contributed by atoms with Gasteiger partial charge in [-0.25, -0.2) is 4.98 Å². The number of hydrogen-bond donors (Lipinski definition) is 2. The molecule has 0 aliphatic rings. The summed E-state index contributed by atoms with van der Waals surface area (Å²) in [6.45, 7) is 1.87. The molecule has 0 saturated heterocycles. The summed E-state index contributed by atoms with van der Waals surface area (Å²) in [7, 11) is 0. The fraction of sp³-hybridized carbons (Fsp3) is 0.333. The Balaban J connectivity index is 1.47. The van der Waals surface area contributed by atoms with E-state index in [1.807, 2.05) is 18.2 Å². The summed E-state index contributed by atoms with van der Waals surface area (Å²) in [5.41, 5.74) is 0. The van der Waals surface area contributed by atoms with Gasteiger partial charge >= 0.3 is 0 Å². The number of nitrogens with one attached hydrogen (secondary N) is 2. The molecular formula is C18H22ClN3O2. The van der Waals surface area contributed by atoms with Crippen molar-refractivity contribution in [2.45, 2.75) is 19.3 Å². The third-order valence-corrected chi connectivity index (χ3v) is 3.56. The van der Waals surface area contributed by atoms with Crippen LogP contribution in [-0.4, -0.2) is 30.6 Å². The van der Waals surface area contributed by atoms with Crippen LogP contribution in [0.4, 0.5) is 5.82 Å². The smallest absolute Gasteiger partial charge is 0.223 e. The molecule has 5 nitrogen and oxygen atoms in total. The number of halogens is 1. The molecule has 1 aromatic heterocycles. The van der Waals surface area contributed by atoms with Crippen LogP contribution in [0.3, 0.4) is 0 Å². The maximum absolute atomic E-state index is 11.7. The molecule has 0 unspecified atom stereocenters. The van der Waals surface area contributed by atoms with Gasteiger partial charge in [0.1, 0.15) is 11.6 Å². The van der Waals surface area contributed by atoms with Gasteiger partial charge in [-0.3, -0.25) is 4.79 Å². The average Bonchev–Trinajstić information content (AvgIpc) is 2.60. The number of amides is 1. The molecular weight excluding hydrogens is 326 g/mol. The number of rotatable bonds is 10. The number of carbonyl (C=O) groups excluding carboxylic acids is 1. The molecule has 0 atom stereocenters. The normalized spacial score (nSPS) is 10.2. The van der Waals surface area contributed by atoms with Gasteiger partial charge in [-0.1, -0.05) is 17.7 Å². The zero-order chi connectivity index (χ0) is 17.0. The van der Waals surface area contributed by atoms with Gasteiger partial charge in [-0.05, 0) is 49.2 Å². The highest BCUT2D eigenvalue weighted by Gasteiger charge is 2.01. The first-order valence-electron chi connectivity index (χ1n) is 8.04. The van der Waals surface area contributed by atoms with Gasteiger partial charge in [0.15, 0.2) is 0 Å². The summed E-state index contributed by atoms with van der Waals surface area (Å²) in [6.07, 6.45) is 3.99. The first-order chi connectivity index (χ1) is 11.7. The van der Waals surface area contributed by atoms with Crippen LogP contribution in [0.15, 0.2) is 48.7 Å². The van der Waals surface area contributed by atoms with Gasteiger partial charge in [0.25, 0.3) is 0 Å². The fourth-order valence-corrected chi connectivity index (χ4v) is 2.17. The Kier molecular flexibility index (Phi) is 7.90. The minimum absolute atomic E-state index is 0.00153. The van der Waals surface area contributed by atoms with E-state index in [2.05, 4.69) is 15.6 Å². The van der Waals surface area contributed by atoms with E-state index in [1.165, 1.54) is 0 Å². The van der Waals surface area contributed by atoms with Crippen molar-refractivity contribution in [2.24, 2.45) is 0 Å². The van der Waals surface area contributed by atoms with Gasteiger partial charge in [-0.15, -0.1) is 0 Å². The lowest BCUT2D eigenvalue weighted by Gasteiger charge is -2.08. The average molecular weight is 348 g/mol. The molecule has 0 aliphatic heterocycles. The Labute approximate surface area is 147 Å². The minimum Gasteiger partial charge on any atom is -0.493 e. The molecule has 1 amide bonds. The Morgan fingerprint density at radius 2 is 1.88 bits per heavy atom. The third-order valence-electron chi connectivity index (χ3n) is 3.31. The molecule has 0 bridgehead atoms. The first kappa shape index (κ1) is 18.1. The van der Waals surface area contributed by atoms with Crippen molar-refractivity contribution in [3.8, 4) is 5.75 Å². The van der Waals surface area contributed by atoms with Gasteiger partial charge in [0.2, 0.25) is 5.91 Å². The van der Waals surface area contributed by atoms with Crippen molar-refractivity contribution in [3.63, 3.8) is 0 Å². The van der Waals surface area contributed by atoms with Crippen LogP contribution in [0.25, 0.3) is 0 Å². The predicted octanol–water partition coefficient (Wildman–Crippen LogP) is 3.51. The number of nitrogens with zero attached hydrogens (tertiary/aromatic N) is 1. The van der Waals surface area contributed by atoms with Crippen LogP contribution < -0.4 is 15.4 Å². The number of carbonyl (C=O) groups is 1. The summed E-state index contributed by atoms with van der Waals surface area (Å²) >= 11 is 5.80. The SMILES string of the molecule is O=C(CCOc1ccc(Cl)cc1)NCCCCNc1ccccn1. The minimum atomic E-state index is 0.00153. The zero-order valence-corrected chi connectivity index (χ0v) is 14.3. The topological polar surface area (TPSA) is 63.2 Å². The van der Waals surface area contributed by atoms with Crippen molar-refractivity contribution in [3.05, 3.63) is 53.7 Å². The maximum atomic E-state index is 11.7. The lowest BCUT2D eigenvalue weighted by Crippen LogP contribution is -2.26. The van der Waals surface area contributed by atoms with E-state index in [0.717, 1.165) is 25.2 Å². The number of anilines is 1. The van der Waals surface area contributed by atoms with E-state index in [4.69, 9.17) is 16.3 Å². The van der Waals surface area contributed by atoms with Crippen molar-refractivity contribution in [1.29, 1.82) is 0 Å². The molecule has 24 heavy (non-hydrogen) atoms. The Morgan fingerprint density at radius 3 is 2.62 bits per heavy atom. The number of pyridine rings is 1. The third kappa shape index (κ3) is 7.33. The standard InChI is InChI=1S/C18H22ClN3O2/c19-15-6-8-16(9-7-15)24-14-10-18(23)22-13-4-3-12-21-17-5-1-2-11-20-17/h1-2,5-9,11H,3-4,10,12-14H2,(H,20,21)(H,22,23). The second-order valence-corrected chi connectivity index (χ2v) is 5.69. The molecule has 0 fully saturated rings. The molecule has 2 rings (SSSR count). The number of ether oxygens (including phenoxy) is 1. The molecule has 0 spiro atoms. The molecule has 2 N–H and O–H groups in total. The van der Waals surface area contributed by atoms with Gasteiger partial charge in [-0.2, -0.15) is 0 Å². The van der Waals surface area contributed by atoms with Gasteiger partial charge in [0, 0.05) is 24.3 Å². The molecule has 1 heterocycles. The van der Waals surface area contributed by atoms with Crippen LogP contribution in [0.2, 0.25) is 5.02 Å². The Bertz CT molecular complexity index is 605. The molecule has 2 aromatic rings. The first-order valence-corrected chi connectivity index (χ1v) is 8.42. The molecule has 0 radical (unpaired) electrons. The maximum Gasteiger partial charge on any atom is 0.223 e.